The lowest BCUT2D eigenvalue weighted by atomic mass is 10.2. The van der Waals surface area contributed by atoms with Crippen LogP contribution in [0.25, 0.3) is 0 Å². The highest BCUT2D eigenvalue weighted by Crippen LogP contribution is 2.11. The van der Waals surface area contributed by atoms with Crippen molar-refractivity contribution in [1.82, 2.24) is 9.97 Å². The summed E-state index contributed by atoms with van der Waals surface area (Å²) >= 11 is 1.44. The van der Waals surface area contributed by atoms with Gasteiger partial charge in [-0.1, -0.05) is 29.5 Å². The highest BCUT2D eigenvalue weighted by atomic mass is 32.2. The molecule has 0 aliphatic heterocycles. The summed E-state index contributed by atoms with van der Waals surface area (Å²) < 4.78 is 0. The topological polar surface area (TPSA) is 54.9 Å². The molecule has 0 saturated carbocycles. The number of hydrogen-bond donors (Lipinski definition) is 1. The molecule has 0 aliphatic carbocycles. The third-order valence-corrected chi connectivity index (χ3v) is 2.96. The van der Waals surface area contributed by atoms with Crippen LogP contribution in [0.3, 0.4) is 0 Å². The van der Waals surface area contributed by atoms with Crippen molar-refractivity contribution in [1.29, 1.82) is 0 Å². The van der Waals surface area contributed by atoms with E-state index in [1.807, 2.05) is 37.4 Å². The van der Waals surface area contributed by atoms with Gasteiger partial charge in [0.1, 0.15) is 0 Å². The molecular formula is C13H13N3OS. The first kappa shape index (κ1) is 12.6. The molecule has 0 fully saturated rings. The Labute approximate surface area is 110 Å². The average molecular weight is 259 g/mol. The minimum Gasteiger partial charge on any atom is -0.322 e. The van der Waals surface area contributed by atoms with Gasteiger partial charge in [0.25, 0.3) is 5.91 Å². The number of aryl methyl sites for hydroxylation is 1. The molecule has 2 rings (SSSR count). The van der Waals surface area contributed by atoms with Crippen LogP contribution in [0.2, 0.25) is 0 Å². The second-order valence-electron chi connectivity index (χ2n) is 3.78. The highest BCUT2D eigenvalue weighted by Gasteiger charge is 2.07. The normalized spacial score (nSPS) is 10.1. The summed E-state index contributed by atoms with van der Waals surface area (Å²) in [5, 5.41) is 3.45. The maximum Gasteiger partial charge on any atom is 0.258 e. The van der Waals surface area contributed by atoms with E-state index < -0.39 is 0 Å². The molecule has 1 aromatic heterocycles. The standard InChI is InChI=1S/C13H13N3OS/c1-9-3-5-11(6-4-9)16-12(17)10-7-14-13(18-2)15-8-10/h3-8H,1-2H3,(H,16,17). The Morgan fingerprint density at radius 2 is 1.78 bits per heavy atom. The molecule has 5 heteroatoms. The molecule has 1 amide bonds. The van der Waals surface area contributed by atoms with E-state index in [1.54, 1.807) is 0 Å². The molecule has 1 aromatic carbocycles. The van der Waals surface area contributed by atoms with Gasteiger partial charge in [-0.2, -0.15) is 0 Å². The van der Waals surface area contributed by atoms with Crippen LogP contribution in [0, 0.1) is 6.92 Å². The predicted octanol–water partition coefficient (Wildman–Crippen LogP) is 2.76. The van der Waals surface area contributed by atoms with E-state index in [0.29, 0.717) is 10.7 Å². The second kappa shape index (κ2) is 5.64. The first-order valence-electron chi connectivity index (χ1n) is 5.43. The molecule has 0 atom stereocenters. The molecule has 1 heterocycles. The van der Waals surface area contributed by atoms with E-state index >= 15 is 0 Å². The summed E-state index contributed by atoms with van der Waals surface area (Å²) in [6.07, 6.45) is 4.95. The van der Waals surface area contributed by atoms with Crippen LogP contribution < -0.4 is 5.32 Å². The average Bonchev–Trinajstić information content (AvgIpc) is 2.41. The first-order valence-corrected chi connectivity index (χ1v) is 6.65. The molecule has 4 nitrogen and oxygen atoms in total. The van der Waals surface area contributed by atoms with Crippen molar-refractivity contribution in [2.45, 2.75) is 12.1 Å². The number of nitrogens with zero attached hydrogens (tertiary/aromatic N) is 2. The summed E-state index contributed by atoms with van der Waals surface area (Å²) in [7, 11) is 0. The summed E-state index contributed by atoms with van der Waals surface area (Å²) in [6, 6.07) is 7.63. The van der Waals surface area contributed by atoms with Gasteiger partial charge in [-0.3, -0.25) is 4.79 Å². The third-order valence-electron chi connectivity index (χ3n) is 2.38. The van der Waals surface area contributed by atoms with E-state index in [9.17, 15) is 4.79 Å². The molecule has 18 heavy (non-hydrogen) atoms. The lowest BCUT2D eigenvalue weighted by Crippen LogP contribution is -2.12. The van der Waals surface area contributed by atoms with Gasteiger partial charge in [-0.15, -0.1) is 0 Å². The molecule has 0 bridgehead atoms. The van der Waals surface area contributed by atoms with E-state index in [2.05, 4.69) is 15.3 Å². The Bertz CT molecular complexity index is 537. The molecule has 0 aliphatic rings. The van der Waals surface area contributed by atoms with Gasteiger partial charge in [-0.05, 0) is 25.3 Å². The fourth-order valence-electron chi connectivity index (χ4n) is 1.38. The zero-order valence-corrected chi connectivity index (χ0v) is 11.0. The number of rotatable bonds is 3. The quantitative estimate of drug-likeness (QED) is 0.680. The Morgan fingerprint density at radius 3 is 2.33 bits per heavy atom. The molecule has 0 unspecified atom stereocenters. The summed E-state index contributed by atoms with van der Waals surface area (Å²) in [5.41, 5.74) is 2.37. The highest BCUT2D eigenvalue weighted by molar-refractivity contribution is 7.98. The maximum absolute atomic E-state index is 11.9. The molecular weight excluding hydrogens is 246 g/mol. The van der Waals surface area contributed by atoms with Crippen molar-refractivity contribution < 1.29 is 4.79 Å². The predicted molar refractivity (Wildman–Crippen MR) is 72.9 cm³/mol. The zero-order chi connectivity index (χ0) is 13.0. The van der Waals surface area contributed by atoms with Crippen LogP contribution >= 0.6 is 11.8 Å². The maximum atomic E-state index is 11.9. The SMILES string of the molecule is CSc1ncc(C(=O)Nc2ccc(C)cc2)cn1. The van der Waals surface area contributed by atoms with Crippen molar-refractivity contribution in [3.8, 4) is 0 Å². The Hall–Kier alpha value is -1.88. The van der Waals surface area contributed by atoms with Crippen molar-refractivity contribution in [3.63, 3.8) is 0 Å². The second-order valence-corrected chi connectivity index (χ2v) is 4.55. The van der Waals surface area contributed by atoms with Gasteiger partial charge in [0.2, 0.25) is 0 Å². The minimum atomic E-state index is -0.202. The molecule has 0 radical (unpaired) electrons. The molecule has 0 saturated heterocycles. The third kappa shape index (κ3) is 3.07. The van der Waals surface area contributed by atoms with Gasteiger partial charge < -0.3 is 5.32 Å². The van der Waals surface area contributed by atoms with E-state index in [4.69, 9.17) is 0 Å². The van der Waals surface area contributed by atoms with Gasteiger partial charge in [0.05, 0.1) is 5.56 Å². The monoisotopic (exact) mass is 259 g/mol. The van der Waals surface area contributed by atoms with E-state index in [0.717, 1.165) is 11.3 Å². The molecule has 92 valence electrons. The van der Waals surface area contributed by atoms with Crippen molar-refractivity contribution in [2.24, 2.45) is 0 Å². The van der Waals surface area contributed by atoms with E-state index in [-0.39, 0.29) is 5.91 Å². The lowest BCUT2D eigenvalue weighted by molar-refractivity contribution is 0.102. The molecule has 2 aromatic rings. The van der Waals surface area contributed by atoms with Crippen molar-refractivity contribution in [2.75, 3.05) is 11.6 Å². The van der Waals surface area contributed by atoms with Gasteiger partial charge in [-0.25, -0.2) is 9.97 Å². The molecule has 1 N–H and O–H groups in total. The Balaban J connectivity index is 2.09. The van der Waals surface area contributed by atoms with Gasteiger partial charge >= 0.3 is 0 Å². The molecule has 0 spiro atoms. The number of aromatic nitrogens is 2. The van der Waals surface area contributed by atoms with Crippen LogP contribution in [-0.4, -0.2) is 22.1 Å². The Kier molecular flexibility index (Phi) is 3.94. The first-order chi connectivity index (χ1) is 8.69. The lowest BCUT2D eigenvalue weighted by Gasteiger charge is -2.05. The fraction of sp³-hybridized carbons (Fsp3) is 0.154. The Morgan fingerprint density at radius 1 is 1.17 bits per heavy atom. The van der Waals surface area contributed by atoms with Crippen LogP contribution in [0.1, 0.15) is 15.9 Å². The summed E-state index contributed by atoms with van der Waals surface area (Å²) in [4.78, 5) is 20.0. The van der Waals surface area contributed by atoms with Gasteiger partial charge in [0.15, 0.2) is 5.16 Å². The van der Waals surface area contributed by atoms with Crippen molar-refractivity contribution in [3.05, 3.63) is 47.8 Å². The number of anilines is 1. The largest absolute Gasteiger partial charge is 0.322 e. The number of amides is 1. The fourth-order valence-corrected chi connectivity index (χ4v) is 1.70. The number of nitrogens with one attached hydrogen (secondary N) is 1. The smallest absolute Gasteiger partial charge is 0.258 e. The number of carbonyl (C=O) groups excluding carboxylic acids is 1. The summed E-state index contributed by atoms with van der Waals surface area (Å²) in [6.45, 7) is 2.00. The van der Waals surface area contributed by atoms with Crippen molar-refractivity contribution >= 4 is 23.4 Å². The number of thioether (sulfide) groups is 1. The van der Waals surface area contributed by atoms with Crippen LogP contribution in [0.15, 0.2) is 41.8 Å². The van der Waals surface area contributed by atoms with Gasteiger partial charge in [0, 0.05) is 18.1 Å². The zero-order valence-electron chi connectivity index (χ0n) is 10.2. The van der Waals surface area contributed by atoms with E-state index in [1.165, 1.54) is 24.2 Å². The minimum absolute atomic E-state index is 0.202. The number of benzene rings is 1. The van der Waals surface area contributed by atoms with Crippen LogP contribution in [0.5, 0.6) is 0 Å². The number of hydrogen-bond acceptors (Lipinski definition) is 4. The van der Waals surface area contributed by atoms with Crippen LogP contribution in [-0.2, 0) is 0 Å². The van der Waals surface area contributed by atoms with Crippen LogP contribution in [0.4, 0.5) is 5.69 Å². The summed E-state index contributed by atoms with van der Waals surface area (Å²) in [5.74, 6) is -0.202. The number of carbonyl (C=O) groups is 1.